The number of nitrogens with one attached hydrogen (secondary N) is 1. The normalized spacial score (nSPS) is 27.8. The molecule has 2 aliphatic rings. The molecule has 3 nitrogen and oxygen atoms in total. The number of ether oxygens (including phenoxy) is 1. The summed E-state index contributed by atoms with van der Waals surface area (Å²) in [5.74, 6) is 1.50. The Morgan fingerprint density at radius 1 is 1.21 bits per heavy atom. The maximum atomic E-state index is 12.1. The average molecular weight is 452 g/mol. The summed E-state index contributed by atoms with van der Waals surface area (Å²) < 4.78 is 5.51. The van der Waals surface area contributed by atoms with Crippen LogP contribution in [0.15, 0.2) is 53.6 Å². The van der Waals surface area contributed by atoms with Crippen LogP contribution >= 0.6 is 0 Å². The third-order valence-electron chi connectivity index (χ3n) is 8.52. The summed E-state index contributed by atoms with van der Waals surface area (Å²) in [7, 11) is 0. The highest BCUT2D eigenvalue weighted by molar-refractivity contribution is 5.84. The molecule has 33 heavy (non-hydrogen) atoms. The smallest absolute Gasteiger partial charge is 0.411 e. The van der Waals surface area contributed by atoms with Crippen molar-refractivity contribution >= 4 is 11.8 Å². The Kier molecular flexibility index (Phi) is 8.48. The molecule has 1 N–H and O–H groups in total. The monoisotopic (exact) mass is 451 g/mol. The van der Waals surface area contributed by atoms with Gasteiger partial charge in [-0.3, -0.25) is 5.32 Å². The summed E-state index contributed by atoms with van der Waals surface area (Å²) in [6, 6.07) is 9.43. The van der Waals surface area contributed by atoms with Crippen LogP contribution in [0.2, 0.25) is 0 Å². The topological polar surface area (TPSA) is 38.3 Å². The SMILES string of the molecule is CC1=CC[C@H]2C(C)(C)CCC[C@]2(C)[C@@H]1CC/C(C)=C/CC[C@H](C)OC(=O)Nc1ccccc1. The van der Waals surface area contributed by atoms with Gasteiger partial charge in [0.15, 0.2) is 0 Å². The van der Waals surface area contributed by atoms with Gasteiger partial charge in [-0.05, 0) is 101 Å². The number of rotatable bonds is 8. The Hall–Kier alpha value is -2.03. The molecule has 4 atom stereocenters. The second-order valence-corrected chi connectivity index (χ2v) is 11.5. The summed E-state index contributed by atoms with van der Waals surface area (Å²) >= 11 is 0. The Balaban J connectivity index is 1.46. The summed E-state index contributed by atoms with van der Waals surface area (Å²) in [5.41, 5.74) is 4.73. The van der Waals surface area contributed by atoms with Gasteiger partial charge in [0.1, 0.15) is 6.10 Å². The number of para-hydroxylation sites is 1. The summed E-state index contributed by atoms with van der Waals surface area (Å²) in [4.78, 5) is 12.1. The van der Waals surface area contributed by atoms with Gasteiger partial charge in [-0.15, -0.1) is 0 Å². The molecule has 0 saturated heterocycles. The van der Waals surface area contributed by atoms with Crippen LogP contribution in [0.4, 0.5) is 10.5 Å². The van der Waals surface area contributed by atoms with E-state index in [1.54, 1.807) is 5.57 Å². The zero-order valence-electron chi connectivity index (χ0n) is 21.7. The van der Waals surface area contributed by atoms with Gasteiger partial charge in [0.2, 0.25) is 0 Å². The van der Waals surface area contributed by atoms with E-state index in [-0.39, 0.29) is 12.2 Å². The standard InChI is InChI=1S/C30H45NO2/c1-22(12-10-13-24(3)33-28(32)31-25-14-8-7-9-15-25)16-18-26-23(2)17-19-27-29(4,5)20-11-21-30(26,27)6/h7-9,12,14-15,17,24,26-27H,10-11,13,16,18-21H2,1-6H3,(H,31,32)/b22-12+/t24-,26+,27-,30+/m0/s1. The lowest BCUT2D eigenvalue weighted by atomic mass is 9.48. The number of anilines is 1. The van der Waals surface area contributed by atoms with E-state index in [0.717, 1.165) is 30.9 Å². The maximum absolute atomic E-state index is 12.1. The molecule has 1 saturated carbocycles. The van der Waals surface area contributed by atoms with Crippen LogP contribution in [0, 0.1) is 22.7 Å². The van der Waals surface area contributed by atoms with E-state index in [4.69, 9.17) is 4.74 Å². The average Bonchev–Trinajstić information content (AvgIpc) is 2.73. The van der Waals surface area contributed by atoms with Gasteiger partial charge in [0, 0.05) is 5.69 Å². The minimum absolute atomic E-state index is 0.106. The van der Waals surface area contributed by atoms with Crippen LogP contribution < -0.4 is 5.32 Å². The van der Waals surface area contributed by atoms with Crippen LogP contribution in [-0.2, 0) is 4.74 Å². The number of allylic oxidation sites excluding steroid dienone is 4. The third-order valence-corrected chi connectivity index (χ3v) is 8.52. The molecule has 2 aliphatic carbocycles. The van der Waals surface area contributed by atoms with Crippen LogP contribution in [0.25, 0.3) is 0 Å². The van der Waals surface area contributed by atoms with Crippen LogP contribution in [-0.4, -0.2) is 12.2 Å². The Labute approximate surface area is 202 Å². The van der Waals surface area contributed by atoms with Crippen molar-refractivity contribution in [1.29, 1.82) is 0 Å². The minimum Gasteiger partial charge on any atom is -0.446 e. The Bertz CT molecular complexity index is 853. The second-order valence-electron chi connectivity index (χ2n) is 11.5. The highest BCUT2D eigenvalue weighted by Crippen LogP contribution is 2.60. The van der Waals surface area contributed by atoms with Crippen molar-refractivity contribution in [3.05, 3.63) is 53.6 Å². The van der Waals surface area contributed by atoms with E-state index in [1.165, 1.54) is 37.7 Å². The quantitative estimate of drug-likeness (QED) is 0.401. The van der Waals surface area contributed by atoms with Gasteiger partial charge in [-0.1, -0.05) is 68.7 Å². The van der Waals surface area contributed by atoms with E-state index < -0.39 is 0 Å². The molecule has 0 unspecified atom stereocenters. The molecule has 0 aliphatic heterocycles. The second kappa shape index (κ2) is 10.9. The molecule has 0 spiro atoms. The molecule has 1 aromatic carbocycles. The zero-order valence-corrected chi connectivity index (χ0v) is 21.7. The molecule has 0 bridgehead atoms. The molecule has 1 fully saturated rings. The molecule has 1 aromatic rings. The maximum Gasteiger partial charge on any atom is 0.411 e. The van der Waals surface area contributed by atoms with Crippen molar-refractivity contribution in [1.82, 2.24) is 0 Å². The van der Waals surface area contributed by atoms with Crippen LogP contribution in [0.1, 0.15) is 92.9 Å². The van der Waals surface area contributed by atoms with Gasteiger partial charge in [0.25, 0.3) is 0 Å². The molecular weight excluding hydrogens is 406 g/mol. The van der Waals surface area contributed by atoms with Crippen molar-refractivity contribution in [2.24, 2.45) is 22.7 Å². The van der Waals surface area contributed by atoms with Crippen molar-refractivity contribution in [3.8, 4) is 0 Å². The van der Waals surface area contributed by atoms with E-state index >= 15 is 0 Å². The summed E-state index contributed by atoms with van der Waals surface area (Å²) in [6.07, 6.45) is 14.0. The van der Waals surface area contributed by atoms with Crippen molar-refractivity contribution < 1.29 is 9.53 Å². The van der Waals surface area contributed by atoms with Crippen molar-refractivity contribution in [2.45, 2.75) is 99.0 Å². The number of carbonyl (C=O) groups excluding carboxylic acids is 1. The highest BCUT2D eigenvalue weighted by atomic mass is 16.6. The lowest BCUT2D eigenvalue weighted by molar-refractivity contribution is -0.0390. The fraction of sp³-hybridized carbons (Fsp3) is 0.633. The number of carbonyl (C=O) groups is 1. The number of hydrogen-bond donors (Lipinski definition) is 1. The van der Waals surface area contributed by atoms with Gasteiger partial charge >= 0.3 is 6.09 Å². The Morgan fingerprint density at radius 3 is 2.67 bits per heavy atom. The fourth-order valence-corrected chi connectivity index (χ4v) is 6.64. The lowest BCUT2D eigenvalue weighted by Gasteiger charge is -2.57. The molecule has 0 aromatic heterocycles. The molecule has 1 amide bonds. The molecular formula is C30H45NO2. The third kappa shape index (κ3) is 6.52. The van der Waals surface area contributed by atoms with Crippen molar-refractivity contribution in [2.75, 3.05) is 5.32 Å². The molecule has 182 valence electrons. The fourth-order valence-electron chi connectivity index (χ4n) is 6.64. The molecule has 0 radical (unpaired) electrons. The summed E-state index contributed by atoms with van der Waals surface area (Å²) in [5, 5.41) is 2.78. The minimum atomic E-state index is -0.382. The first-order valence-corrected chi connectivity index (χ1v) is 13.0. The molecule has 3 rings (SSSR count). The first-order valence-electron chi connectivity index (χ1n) is 13.0. The highest BCUT2D eigenvalue weighted by Gasteiger charge is 2.51. The lowest BCUT2D eigenvalue weighted by Crippen LogP contribution is -2.48. The van der Waals surface area contributed by atoms with Gasteiger partial charge in [-0.2, -0.15) is 0 Å². The largest absolute Gasteiger partial charge is 0.446 e. The predicted octanol–water partition coefficient (Wildman–Crippen LogP) is 8.93. The van der Waals surface area contributed by atoms with E-state index in [1.807, 2.05) is 37.3 Å². The number of benzene rings is 1. The summed E-state index contributed by atoms with van der Waals surface area (Å²) in [6.45, 7) is 14.2. The molecule has 0 heterocycles. The van der Waals surface area contributed by atoms with Gasteiger partial charge in [-0.25, -0.2) is 4.79 Å². The zero-order chi connectivity index (χ0) is 24.1. The van der Waals surface area contributed by atoms with E-state index in [2.05, 4.69) is 52.1 Å². The van der Waals surface area contributed by atoms with E-state index in [0.29, 0.717) is 16.7 Å². The Morgan fingerprint density at radius 2 is 1.94 bits per heavy atom. The first kappa shape index (κ1) is 25.6. The molecule has 3 heteroatoms. The number of hydrogen-bond acceptors (Lipinski definition) is 2. The predicted molar refractivity (Wildman–Crippen MR) is 139 cm³/mol. The van der Waals surface area contributed by atoms with Gasteiger partial charge < -0.3 is 4.74 Å². The first-order chi connectivity index (χ1) is 15.6. The van der Waals surface area contributed by atoms with Crippen LogP contribution in [0.5, 0.6) is 0 Å². The van der Waals surface area contributed by atoms with Crippen molar-refractivity contribution in [3.63, 3.8) is 0 Å². The number of amides is 1. The van der Waals surface area contributed by atoms with Crippen LogP contribution in [0.3, 0.4) is 0 Å². The van der Waals surface area contributed by atoms with Gasteiger partial charge in [0.05, 0.1) is 0 Å². The van der Waals surface area contributed by atoms with E-state index in [9.17, 15) is 4.79 Å². The number of fused-ring (bicyclic) bond motifs is 1.